The molecule has 0 spiro atoms. The number of rotatable bonds is 6. The SMILES string of the molecule is COCCn1cc(-c2cnccc2OC2CC2)cn1. The molecule has 0 saturated heterocycles. The predicted molar refractivity (Wildman–Crippen MR) is 71.0 cm³/mol. The first-order chi connectivity index (χ1) is 9.36. The van der Waals surface area contributed by atoms with Gasteiger partial charge in [-0.1, -0.05) is 0 Å². The molecule has 0 N–H and O–H groups in total. The molecule has 0 atom stereocenters. The van der Waals surface area contributed by atoms with Gasteiger partial charge in [0.15, 0.2) is 0 Å². The normalized spacial score (nSPS) is 14.6. The maximum Gasteiger partial charge on any atom is 0.130 e. The van der Waals surface area contributed by atoms with Crippen LogP contribution < -0.4 is 4.74 Å². The minimum atomic E-state index is 0.379. The summed E-state index contributed by atoms with van der Waals surface area (Å²) in [5.41, 5.74) is 2.03. The Bertz CT molecular complexity index is 549. The van der Waals surface area contributed by atoms with Gasteiger partial charge in [0.25, 0.3) is 0 Å². The Balaban J connectivity index is 1.81. The van der Waals surface area contributed by atoms with Crippen molar-refractivity contribution in [3.63, 3.8) is 0 Å². The van der Waals surface area contributed by atoms with E-state index in [2.05, 4.69) is 10.1 Å². The van der Waals surface area contributed by atoms with Crippen LogP contribution in [-0.4, -0.2) is 34.6 Å². The van der Waals surface area contributed by atoms with E-state index in [1.54, 1.807) is 13.3 Å². The van der Waals surface area contributed by atoms with E-state index in [1.807, 2.05) is 29.3 Å². The second-order valence-electron chi connectivity index (χ2n) is 4.67. The summed E-state index contributed by atoms with van der Waals surface area (Å²) in [6.45, 7) is 1.40. The van der Waals surface area contributed by atoms with Crippen LogP contribution in [-0.2, 0) is 11.3 Å². The molecule has 0 radical (unpaired) electrons. The summed E-state index contributed by atoms with van der Waals surface area (Å²) in [4.78, 5) is 4.18. The van der Waals surface area contributed by atoms with Gasteiger partial charge in [-0.25, -0.2) is 0 Å². The minimum absolute atomic E-state index is 0.379. The first kappa shape index (κ1) is 12.2. The van der Waals surface area contributed by atoms with Gasteiger partial charge >= 0.3 is 0 Å². The molecule has 1 fully saturated rings. The molecule has 2 aromatic rings. The zero-order chi connectivity index (χ0) is 13.1. The van der Waals surface area contributed by atoms with E-state index in [0.29, 0.717) is 12.7 Å². The minimum Gasteiger partial charge on any atom is -0.490 e. The van der Waals surface area contributed by atoms with E-state index in [0.717, 1.165) is 36.3 Å². The van der Waals surface area contributed by atoms with Gasteiger partial charge in [-0.15, -0.1) is 0 Å². The smallest absolute Gasteiger partial charge is 0.130 e. The quantitative estimate of drug-likeness (QED) is 0.797. The van der Waals surface area contributed by atoms with Gasteiger partial charge < -0.3 is 9.47 Å². The Hall–Kier alpha value is -1.88. The molecule has 1 aliphatic rings. The van der Waals surface area contributed by atoms with Gasteiger partial charge in [0.1, 0.15) is 5.75 Å². The second kappa shape index (κ2) is 5.40. The largest absolute Gasteiger partial charge is 0.490 e. The van der Waals surface area contributed by atoms with Crippen LogP contribution in [0, 0.1) is 0 Å². The highest BCUT2D eigenvalue weighted by atomic mass is 16.5. The van der Waals surface area contributed by atoms with Gasteiger partial charge in [-0.05, 0) is 18.9 Å². The van der Waals surface area contributed by atoms with E-state index in [9.17, 15) is 0 Å². The maximum absolute atomic E-state index is 5.90. The summed E-state index contributed by atoms with van der Waals surface area (Å²) < 4.78 is 12.8. The van der Waals surface area contributed by atoms with E-state index >= 15 is 0 Å². The highest BCUT2D eigenvalue weighted by Crippen LogP contribution is 2.33. The predicted octanol–water partition coefficient (Wildman–Crippen LogP) is 2.13. The van der Waals surface area contributed by atoms with E-state index < -0.39 is 0 Å². The topological polar surface area (TPSA) is 49.2 Å². The van der Waals surface area contributed by atoms with Crippen molar-refractivity contribution in [1.82, 2.24) is 14.8 Å². The van der Waals surface area contributed by atoms with Crippen LogP contribution in [0.25, 0.3) is 11.1 Å². The van der Waals surface area contributed by atoms with Crippen LogP contribution >= 0.6 is 0 Å². The lowest BCUT2D eigenvalue weighted by Gasteiger charge is -2.08. The van der Waals surface area contributed by atoms with Gasteiger partial charge in [-0.2, -0.15) is 5.10 Å². The standard InChI is InChI=1S/C14H17N3O2/c1-18-7-6-17-10-11(8-16-17)13-9-15-5-4-14(13)19-12-2-3-12/h4-5,8-10,12H,2-3,6-7H2,1H3. The molecule has 1 aliphatic carbocycles. The molecule has 0 aliphatic heterocycles. The van der Waals surface area contributed by atoms with Crippen molar-refractivity contribution < 1.29 is 9.47 Å². The number of aromatic nitrogens is 3. The number of ether oxygens (including phenoxy) is 2. The third-order valence-corrected chi connectivity index (χ3v) is 3.07. The lowest BCUT2D eigenvalue weighted by atomic mass is 10.1. The molecule has 3 rings (SSSR count). The van der Waals surface area contributed by atoms with E-state index in [-0.39, 0.29) is 0 Å². The maximum atomic E-state index is 5.90. The lowest BCUT2D eigenvalue weighted by Crippen LogP contribution is -2.03. The fourth-order valence-corrected chi connectivity index (χ4v) is 1.88. The Morgan fingerprint density at radius 1 is 1.37 bits per heavy atom. The highest BCUT2D eigenvalue weighted by molar-refractivity contribution is 5.68. The summed E-state index contributed by atoms with van der Waals surface area (Å²) >= 11 is 0. The third-order valence-electron chi connectivity index (χ3n) is 3.07. The van der Waals surface area contributed by atoms with Crippen molar-refractivity contribution in [2.75, 3.05) is 13.7 Å². The molecule has 2 heterocycles. The van der Waals surface area contributed by atoms with Crippen molar-refractivity contribution >= 4 is 0 Å². The molecule has 5 heteroatoms. The van der Waals surface area contributed by atoms with Crippen molar-refractivity contribution in [1.29, 1.82) is 0 Å². The Morgan fingerprint density at radius 3 is 3.05 bits per heavy atom. The zero-order valence-corrected chi connectivity index (χ0v) is 11.0. The number of pyridine rings is 1. The monoisotopic (exact) mass is 259 g/mol. The molecule has 0 amide bonds. The van der Waals surface area contributed by atoms with Crippen LogP contribution in [0.5, 0.6) is 5.75 Å². The first-order valence-corrected chi connectivity index (χ1v) is 6.49. The Morgan fingerprint density at radius 2 is 2.26 bits per heavy atom. The van der Waals surface area contributed by atoms with Crippen LogP contribution in [0.2, 0.25) is 0 Å². The second-order valence-corrected chi connectivity index (χ2v) is 4.67. The first-order valence-electron chi connectivity index (χ1n) is 6.49. The number of methoxy groups -OCH3 is 1. The third kappa shape index (κ3) is 2.93. The highest BCUT2D eigenvalue weighted by Gasteiger charge is 2.24. The van der Waals surface area contributed by atoms with Crippen LogP contribution in [0.3, 0.4) is 0 Å². The van der Waals surface area contributed by atoms with Gasteiger partial charge in [0, 0.05) is 36.8 Å². The summed E-state index contributed by atoms with van der Waals surface area (Å²) in [6, 6.07) is 1.92. The van der Waals surface area contributed by atoms with Crippen molar-refractivity contribution in [2.45, 2.75) is 25.5 Å². The Kier molecular flexibility index (Phi) is 3.46. The Labute approximate surface area is 112 Å². The van der Waals surface area contributed by atoms with E-state index in [1.165, 1.54) is 0 Å². The van der Waals surface area contributed by atoms with Crippen LogP contribution in [0.4, 0.5) is 0 Å². The number of nitrogens with zero attached hydrogens (tertiary/aromatic N) is 3. The molecule has 19 heavy (non-hydrogen) atoms. The molecule has 5 nitrogen and oxygen atoms in total. The summed E-state index contributed by atoms with van der Waals surface area (Å²) in [7, 11) is 1.69. The van der Waals surface area contributed by atoms with Gasteiger partial charge in [0.2, 0.25) is 0 Å². The fourth-order valence-electron chi connectivity index (χ4n) is 1.88. The summed E-state index contributed by atoms with van der Waals surface area (Å²) in [5.74, 6) is 0.892. The van der Waals surface area contributed by atoms with Crippen molar-refractivity contribution in [3.8, 4) is 16.9 Å². The lowest BCUT2D eigenvalue weighted by molar-refractivity contribution is 0.183. The average Bonchev–Trinajstić information content (AvgIpc) is 3.13. The molecular weight excluding hydrogens is 242 g/mol. The van der Waals surface area contributed by atoms with Crippen molar-refractivity contribution in [3.05, 3.63) is 30.9 Å². The molecule has 2 aromatic heterocycles. The van der Waals surface area contributed by atoms with Gasteiger partial charge in [-0.3, -0.25) is 9.67 Å². The molecular formula is C14H17N3O2. The summed E-state index contributed by atoms with van der Waals surface area (Å²) in [6.07, 6.45) is 10.1. The van der Waals surface area contributed by atoms with Gasteiger partial charge in [0.05, 0.1) is 25.5 Å². The molecule has 100 valence electrons. The molecule has 0 bridgehead atoms. The van der Waals surface area contributed by atoms with Crippen molar-refractivity contribution in [2.24, 2.45) is 0 Å². The fraction of sp³-hybridized carbons (Fsp3) is 0.429. The van der Waals surface area contributed by atoms with Crippen LogP contribution in [0.1, 0.15) is 12.8 Å². The van der Waals surface area contributed by atoms with Crippen LogP contribution in [0.15, 0.2) is 30.9 Å². The molecule has 0 unspecified atom stereocenters. The zero-order valence-electron chi connectivity index (χ0n) is 11.0. The number of hydrogen-bond acceptors (Lipinski definition) is 4. The average molecular weight is 259 g/mol. The number of hydrogen-bond donors (Lipinski definition) is 0. The molecule has 1 saturated carbocycles. The molecule has 0 aromatic carbocycles. The van der Waals surface area contributed by atoms with E-state index in [4.69, 9.17) is 9.47 Å². The summed E-state index contributed by atoms with van der Waals surface area (Å²) in [5, 5.41) is 4.32.